The molecule has 2 heterocycles. The smallest absolute Gasteiger partial charge is 0.251 e. The number of nitriles is 1. The first-order valence-electron chi connectivity index (χ1n) is 9.26. The van der Waals surface area contributed by atoms with Gasteiger partial charge in [0, 0.05) is 31.4 Å². The molecule has 146 valence electrons. The number of benzene rings is 1. The number of hydrogen-bond acceptors (Lipinski definition) is 6. The number of methoxy groups -OCH3 is 2. The zero-order valence-electron chi connectivity index (χ0n) is 16.1. The van der Waals surface area contributed by atoms with Gasteiger partial charge in [0.15, 0.2) is 11.5 Å². The van der Waals surface area contributed by atoms with Crippen molar-refractivity contribution >= 4 is 11.7 Å². The first-order valence-corrected chi connectivity index (χ1v) is 9.26. The lowest BCUT2D eigenvalue weighted by Gasteiger charge is -2.33. The fourth-order valence-corrected chi connectivity index (χ4v) is 3.40. The summed E-state index contributed by atoms with van der Waals surface area (Å²) in [4.78, 5) is 19.0. The van der Waals surface area contributed by atoms with Crippen LogP contribution < -0.4 is 19.7 Å². The third kappa shape index (κ3) is 4.34. The molecule has 0 radical (unpaired) electrons. The monoisotopic (exact) mass is 380 g/mol. The molecule has 7 heteroatoms. The molecule has 7 nitrogen and oxygen atoms in total. The second kappa shape index (κ2) is 9.09. The Balaban J connectivity index is 1.53. The van der Waals surface area contributed by atoms with Crippen LogP contribution in [0.3, 0.4) is 0 Å². The van der Waals surface area contributed by atoms with Crippen molar-refractivity contribution in [1.82, 2.24) is 10.3 Å². The van der Waals surface area contributed by atoms with Gasteiger partial charge in [-0.15, -0.1) is 0 Å². The Hall–Kier alpha value is -3.27. The third-order valence-corrected chi connectivity index (χ3v) is 5.02. The average molecular weight is 380 g/mol. The van der Waals surface area contributed by atoms with Gasteiger partial charge in [0.05, 0.1) is 19.8 Å². The molecule has 0 aliphatic carbocycles. The molecule has 1 aliphatic rings. The zero-order valence-corrected chi connectivity index (χ0v) is 16.1. The average Bonchev–Trinajstić information content (AvgIpc) is 2.77. The van der Waals surface area contributed by atoms with E-state index in [-0.39, 0.29) is 5.91 Å². The van der Waals surface area contributed by atoms with Crippen molar-refractivity contribution in [2.24, 2.45) is 5.92 Å². The molecule has 1 saturated heterocycles. The summed E-state index contributed by atoms with van der Waals surface area (Å²) in [6, 6.07) is 10.9. The molecule has 1 N–H and O–H groups in total. The number of carbonyl (C=O) groups is 1. The van der Waals surface area contributed by atoms with Crippen molar-refractivity contribution < 1.29 is 14.3 Å². The van der Waals surface area contributed by atoms with Gasteiger partial charge < -0.3 is 19.7 Å². The Labute approximate surface area is 164 Å². The van der Waals surface area contributed by atoms with Gasteiger partial charge in [-0.3, -0.25) is 4.79 Å². The number of aromatic nitrogens is 1. The zero-order chi connectivity index (χ0) is 19.9. The Bertz CT molecular complexity index is 870. The van der Waals surface area contributed by atoms with Gasteiger partial charge in [-0.05, 0) is 49.1 Å². The molecule has 0 unspecified atom stereocenters. The minimum atomic E-state index is -0.125. The van der Waals surface area contributed by atoms with Crippen molar-refractivity contribution in [3.63, 3.8) is 0 Å². The molecule has 0 spiro atoms. The minimum absolute atomic E-state index is 0.125. The van der Waals surface area contributed by atoms with Crippen LogP contribution in [0.25, 0.3) is 0 Å². The summed E-state index contributed by atoms with van der Waals surface area (Å²) >= 11 is 0. The highest BCUT2D eigenvalue weighted by Gasteiger charge is 2.22. The van der Waals surface area contributed by atoms with Gasteiger partial charge >= 0.3 is 0 Å². The van der Waals surface area contributed by atoms with Gasteiger partial charge in [-0.1, -0.05) is 0 Å². The van der Waals surface area contributed by atoms with Crippen molar-refractivity contribution in [3.8, 4) is 17.6 Å². The number of ether oxygens (including phenoxy) is 2. The molecule has 1 aromatic carbocycles. The van der Waals surface area contributed by atoms with Crippen LogP contribution in [-0.2, 0) is 0 Å². The van der Waals surface area contributed by atoms with Crippen LogP contribution in [0.1, 0.15) is 28.8 Å². The van der Waals surface area contributed by atoms with Crippen LogP contribution >= 0.6 is 0 Å². The fraction of sp³-hybridized carbons (Fsp3) is 0.381. The van der Waals surface area contributed by atoms with E-state index in [2.05, 4.69) is 21.3 Å². The summed E-state index contributed by atoms with van der Waals surface area (Å²) in [5.41, 5.74) is 1.14. The maximum Gasteiger partial charge on any atom is 0.251 e. The number of rotatable bonds is 6. The predicted octanol–water partition coefficient (Wildman–Crippen LogP) is 2.62. The lowest BCUT2D eigenvalue weighted by molar-refractivity contribution is 0.0944. The van der Waals surface area contributed by atoms with Gasteiger partial charge in [-0.2, -0.15) is 5.26 Å². The first kappa shape index (κ1) is 19.5. The number of anilines is 1. The molecule has 0 saturated carbocycles. The van der Waals surface area contributed by atoms with E-state index in [1.165, 1.54) is 0 Å². The highest BCUT2D eigenvalue weighted by molar-refractivity contribution is 5.94. The summed E-state index contributed by atoms with van der Waals surface area (Å²) in [5.74, 6) is 2.15. The SMILES string of the molecule is COc1ccc(C(=O)NCC2CCN(c3ncccc3C#N)CC2)cc1OC. The van der Waals surface area contributed by atoms with Crippen molar-refractivity contribution in [2.45, 2.75) is 12.8 Å². The second-order valence-electron chi connectivity index (χ2n) is 6.70. The standard InChI is InChI=1S/C21H24N4O3/c1-27-18-6-5-16(12-19(18)28-2)21(26)24-14-15-7-10-25(11-8-15)20-17(13-22)4-3-9-23-20/h3-6,9,12,15H,7-8,10-11,14H2,1-2H3,(H,24,26). The van der Waals surface area contributed by atoms with Crippen LogP contribution in [0, 0.1) is 17.2 Å². The van der Waals surface area contributed by atoms with Crippen LogP contribution in [0.15, 0.2) is 36.5 Å². The fourth-order valence-electron chi connectivity index (χ4n) is 3.40. The summed E-state index contributed by atoms with van der Waals surface area (Å²) < 4.78 is 10.5. The van der Waals surface area contributed by atoms with E-state index in [0.29, 0.717) is 35.1 Å². The highest BCUT2D eigenvalue weighted by atomic mass is 16.5. The second-order valence-corrected chi connectivity index (χ2v) is 6.70. The normalized spacial score (nSPS) is 14.2. The number of pyridine rings is 1. The number of nitrogens with zero attached hydrogens (tertiary/aromatic N) is 3. The largest absolute Gasteiger partial charge is 0.493 e. The highest BCUT2D eigenvalue weighted by Crippen LogP contribution is 2.28. The summed E-state index contributed by atoms with van der Waals surface area (Å²) in [6.45, 7) is 2.26. The maximum atomic E-state index is 12.5. The quantitative estimate of drug-likeness (QED) is 0.829. The lowest BCUT2D eigenvalue weighted by Crippen LogP contribution is -2.39. The predicted molar refractivity (Wildman–Crippen MR) is 106 cm³/mol. The lowest BCUT2D eigenvalue weighted by atomic mass is 9.96. The molecule has 28 heavy (non-hydrogen) atoms. The van der Waals surface area contributed by atoms with Gasteiger partial charge in [0.25, 0.3) is 5.91 Å². The number of amides is 1. The van der Waals surface area contributed by atoms with Crippen molar-refractivity contribution in [2.75, 3.05) is 38.8 Å². The van der Waals surface area contributed by atoms with E-state index >= 15 is 0 Å². The summed E-state index contributed by atoms with van der Waals surface area (Å²) in [7, 11) is 3.11. The number of piperidine rings is 1. The van der Waals surface area contributed by atoms with Crippen LogP contribution in [0.2, 0.25) is 0 Å². The number of nitrogens with one attached hydrogen (secondary N) is 1. The van der Waals surface area contributed by atoms with Crippen molar-refractivity contribution in [1.29, 1.82) is 5.26 Å². The van der Waals surface area contributed by atoms with Gasteiger partial charge in [0.1, 0.15) is 11.9 Å². The molecule has 1 fully saturated rings. The Morgan fingerprint density at radius 1 is 1.25 bits per heavy atom. The topological polar surface area (TPSA) is 87.5 Å². The Kier molecular flexibility index (Phi) is 6.33. The molecule has 2 aromatic rings. The molecule has 0 atom stereocenters. The molecular formula is C21H24N4O3. The Morgan fingerprint density at radius 2 is 2.00 bits per heavy atom. The first-order chi connectivity index (χ1) is 13.7. The van der Waals surface area contributed by atoms with E-state index in [1.807, 2.05) is 0 Å². The number of hydrogen-bond donors (Lipinski definition) is 1. The third-order valence-electron chi connectivity index (χ3n) is 5.02. The van der Waals surface area contributed by atoms with E-state index < -0.39 is 0 Å². The maximum absolute atomic E-state index is 12.5. The van der Waals surface area contributed by atoms with Crippen LogP contribution in [-0.4, -0.2) is 44.7 Å². The van der Waals surface area contributed by atoms with Gasteiger partial charge in [-0.25, -0.2) is 4.98 Å². The molecular weight excluding hydrogens is 356 g/mol. The van der Waals surface area contributed by atoms with Gasteiger partial charge in [0.2, 0.25) is 0 Å². The number of carbonyl (C=O) groups excluding carboxylic acids is 1. The van der Waals surface area contributed by atoms with E-state index in [1.54, 1.807) is 50.7 Å². The van der Waals surface area contributed by atoms with Crippen LogP contribution in [0.4, 0.5) is 5.82 Å². The summed E-state index contributed by atoms with van der Waals surface area (Å²) in [6.07, 6.45) is 3.59. The molecule has 1 aromatic heterocycles. The van der Waals surface area contributed by atoms with E-state index in [9.17, 15) is 10.1 Å². The minimum Gasteiger partial charge on any atom is -0.493 e. The summed E-state index contributed by atoms with van der Waals surface area (Å²) in [5, 5.41) is 12.3. The van der Waals surface area contributed by atoms with E-state index in [0.717, 1.165) is 31.7 Å². The Morgan fingerprint density at radius 3 is 2.68 bits per heavy atom. The molecule has 0 bridgehead atoms. The molecule has 1 aliphatic heterocycles. The molecule has 3 rings (SSSR count). The van der Waals surface area contributed by atoms with Crippen molar-refractivity contribution in [3.05, 3.63) is 47.7 Å². The van der Waals surface area contributed by atoms with E-state index in [4.69, 9.17) is 9.47 Å². The van der Waals surface area contributed by atoms with Crippen LogP contribution in [0.5, 0.6) is 11.5 Å². The molecule has 1 amide bonds.